The van der Waals surface area contributed by atoms with Crippen molar-refractivity contribution >= 4 is 11.6 Å². The molecule has 0 spiro atoms. The molecule has 0 aliphatic carbocycles. The van der Waals surface area contributed by atoms with Crippen LogP contribution in [0.4, 0.5) is 5.69 Å². The summed E-state index contributed by atoms with van der Waals surface area (Å²) in [4.78, 5) is 12.6. The highest BCUT2D eigenvalue weighted by Gasteiger charge is 2.16. The Kier molecular flexibility index (Phi) is 6.50. The van der Waals surface area contributed by atoms with Gasteiger partial charge in [0.25, 0.3) is 0 Å². The lowest BCUT2D eigenvalue weighted by atomic mass is 10.1. The maximum Gasteiger partial charge on any atom is 0.224 e. The predicted molar refractivity (Wildman–Crippen MR) is 120 cm³/mol. The van der Waals surface area contributed by atoms with Crippen molar-refractivity contribution in [2.24, 2.45) is 0 Å². The lowest BCUT2D eigenvalue weighted by Crippen LogP contribution is -2.12. The lowest BCUT2D eigenvalue weighted by Gasteiger charge is -2.10. The number of carbonyl (C=O) groups is 1. The fourth-order valence-electron chi connectivity index (χ4n) is 3.93. The summed E-state index contributed by atoms with van der Waals surface area (Å²) in [5, 5.41) is 11.8. The van der Waals surface area contributed by atoms with Crippen molar-refractivity contribution in [1.82, 2.24) is 14.8 Å². The number of amides is 1. The number of fused-ring (bicyclic) bond motifs is 1. The number of carbonyl (C=O) groups excluding carboxylic acids is 1. The molecular formula is C24H28N4O3. The fraction of sp³-hybridized carbons (Fsp3) is 0.375. The summed E-state index contributed by atoms with van der Waals surface area (Å²) >= 11 is 0. The van der Waals surface area contributed by atoms with Crippen LogP contribution in [-0.4, -0.2) is 34.9 Å². The monoisotopic (exact) mass is 420 g/mol. The van der Waals surface area contributed by atoms with Gasteiger partial charge in [-0.25, -0.2) is 0 Å². The largest absolute Gasteiger partial charge is 0.497 e. The van der Waals surface area contributed by atoms with Crippen molar-refractivity contribution in [3.8, 4) is 22.9 Å². The van der Waals surface area contributed by atoms with Gasteiger partial charge in [-0.05, 0) is 49.1 Å². The normalized spacial score (nSPS) is 13.2. The molecule has 1 N–H and O–H groups in total. The van der Waals surface area contributed by atoms with E-state index in [2.05, 4.69) is 20.1 Å². The molecule has 0 saturated heterocycles. The van der Waals surface area contributed by atoms with Gasteiger partial charge >= 0.3 is 0 Å². The predicted octanol–water partition coefficient (Wildman–Crippen LogP) is 4.26. The van der Waals surface area contributed by atoms with E-state index in [0.29, 0.717) is 12.8 Å². The number of ether oxygens (including phenoxy) is 2. The van der Waals surface area contributed by atoms with Crippen LogP contribution in [0.15, 0.2) is 42.5 Å². The van der Waals surface area contributed by atoms with Crippen LogP contribution in [-0.2, 0) is 24.2 Å². The van der Waals surface area contributed by atoms with Gasteiger partial charge in [0.15, 0.2) is 5.82 Å². The van der Waals surface area contributed by atoms with E-state index in [1.165, 1.54) is 6.42 Å². The molecule has 0 bridgehead atoms. The van der Waals surface area contributed by atoms with Crippen molar-refractivity contribution in [1.29, 1.82) is 0 Å². The smallest absolute Gasteiger partial charge is 0.224 e. The number of benzene rings is 2. The van der Waals surface area contributed by atoms with Gasteiger partial charge in [-0.1, -0.05) is 18.6 Å². The van der Waals surface area contributed by atoms with Gasteiger partial charge < -0.3 is 19.4 Å². The average Bonchev–Trinajstić information content (AvgIpc) is 3.05. The van der Waals surface area contributed by atoms with Crippen LogP contribution in [0.3, 0.4) is 0 Å². The van der Waals surface area contributed by atoms with Crippen molar-refractivity contribution in [3.05, 3.63) is 53.9 Å². The Bertz CT molecular complexity index is 1040. The number of hydrogen-bond donors (Lipinski definition) is 1. The first-order valence-corrected chi connectivity index (χ1v) is 10.7. The van der Waals surface area contributed by atoms with E-state index in [0.717, 1.165) is 65.8 Å². The van der Waals surface area contributed by atoms with E-state index in [9.17, 15) is 4.79 Å². The second-order valence-corrected chi connectivity index (χ2v) is 7.75. The molecule has 7 heteroatoms. The van der Waals surface area contributed by atoms with Gasteiger partial charge in [0.05, 0.1) is 14.2 Å². The zero-order valence-corrected chi connectivity index (χ0v) is 18.1. The molecule has 0 fully saturated rings. The minimum Gasteiger partial charge on any atom is -0.497 e. The second kappa shape index (κ2) is 9.64. The van der Waals surface area contributed by atoms with E-state index in [4.69, 9.17) is 9.47 Å². The van der Waals surface area contributed by atoms with Crippen LogP contribution in [0.2, 0.25) is 0 Å². The third-order valence-electron chi connectivity index (χ3n) is 5.57. The summed E-state index contributed by atoms with van der Waals surface area (Å²) in [6, 6.07) is 13.5. The Morgan fingerprint density at radius 3 is 2.61 bits per heavy atom. The van der Waals surface area contributed by atoms with Crippen molar-refractivity contribution in [2.75, 3.05) is 19.5 Å². The highest BCUT2D eigenvalue weighted by Crippen LogP contribution is 2.26. The molecule has 0 unspecified atom stereocenters. The first kappa shape index (κ1) is 20.9. The lowest BCUT2D eigenvalue weighted by molar-refractivity contribution is -0.116. The molecule has 3 aromatic rings. The highest BCUT2D eigenvalue weighted by atomic mass is 16.5. The van der Waals surface area contributed by atoms with Crippen LogP contribution >= 0.6 is 0 Å². The number of hydrogen-bond acceptors (Lipinski definition) is 5. The molecule has 162 valence electrons. The van der Waals surface area contributed by atoms with Crippen LogP contribution in [0.25, 0.3) is 11.4 Å². The topological polar surface area (TPSA) is 78.3 Å². The first-order chi connectivity index (χ1) is 15.2. The molecule has 0 atom stereocenters. The van der Waals surface area contributed by atoms with E-state index in [1.54, 1.807) is 14.2 Å². The molecule has 1 aliphatic rings. The van der Waals surface area contributed by atoms with Gasteiger partial charge in [0, 0.05) is 36.7 Å². The molecule has 0 saturated carbocycles. The Balaban J connectivity index is 1.43. The fourth-order valence-corrected chi connectivity index (χ4v) is 3.93. The highest BCUT2D eigenvalue weighted by molar-refractivity contribution is 5.91. The Labute approximate surface area is 182 Å². The summed E-state index contributed by atoms with van der Waals surface area (Å²) in [7, 11) is 3.24. The Morgan fingerprint density at radius 1 is 1.03 bits per heavy atom. The number of anilines is 1. The maximum absolute atomic E-state index is 12.6. The van der Waals surface area contributed by atoms with Crippen LogP contribution in [0.1, 0.15) is 37.1 Å². The number of aromatic nitrogens is 3. The van der Waals surface area contributed by atoms with E-state index >= 15 is 0 Å². The van der Waals surface area contributed by atoms with E-state index in [-0.39, 0.29) is 5.91 Å². The molecule has 2 heterocycles. The molecule has 1 aliphatic heterocycles. The molecule has 1 amide bonds. The molecule has 31 heavy (non-hydrogen) atoms. The Hall–Kier alpha value is -3.35. The minimum atomic E-state index is -0.0426. The summed E-state index contributed by atoms with van der Waals surface area (Å²) in [6.45, 7) is 0.943. The summed E-state index contributed by atoms with van der Waals surface area (Å²) in [6.07, 6.45) is 5.45. The molecule has 1 aromatic heterocycles. The molecule has 0 radical (unpaired) electrons. The number of methoxy groups -OCH3 is 2. The van der Waals surface area contributed by atoms with Gasteiger partial charge in [0.1, 0.15) is 17.3 Å². The quantitative estimate of drug-likeness (QED) is 0.618. The number of rotatable bonds is 7. The zero-order chi connectivity index (χ0) is 21.6. The summed E-state index contributed by atoms with van der Waals surface area (Å²) in [5.41, 5.74) is 2.72. The summed E-state index contributed by atoms with van der Waals surface area (Å²) < 4.78 is 12.8. The molecular weight excluding hydrogens is 392 g/mol. The van der Waals surface area contributed by atoms with Crippen molar-refractivity contribution < 1.29 is 14.3 Å². The van der Waals surface area contributed by atoms with Crippen LogP contribution in [0, 0.1) is 0 Å². The standard InChI is InChI=1S/C24H28N4O3/c1-30-20-13-17(14-21(16-20)31-2)10-11-23(29)25-19-8-6-7-18(15-19)24-27-26-22-9-4-3-5-12-28(22)24/h6-8,13-16H,3-5,9-12H2,1-2H3,(H,25,29). The third-order valence-corrected chi connectivity index (χ3v) is 5.57. The van der Waals surface area contributed by atoms with Gasteiger partial charge in [-0.15, -0.1) is 10.2 Å². The number of aryl methyl sites for hydroxylation is 2. The van der Waals surface area contributed by atoms with Crippen LogP contribution < -0.4 is 14.8 Å². The van der Waals surface area contributed by atoms with Gasteiger partial charge in [0.2, 0.25) is 5.91 Å². The number of nitrogens with one attached hydrogen (secondary N) is 1. The van der Waals surface area contributed by atoms with Crippen molar-refractivity contribution in [2.45, 2.75) is 45.1 Å². The zero-order valence-electron chi connectivity index (χ0n) is 18.1. The van der Waals surface area contributed by atoms with E-state index in [1.807, 2.05) is 42.5 Å². The SMILES string of the molecule is COc1cc(CCC(=O)Nc2cccc(-c3nnc4n3CCCCC4)c2)cc(OC)c1. The second-order valence-electron chi connectivity index (χ2n) is 7.75. The molecule has 7 nitrogen and oxygen atoms in total. The van der Waals surface area contributed by atoms with Gasteiger partial charge in [-0.3, -0.25) is 4.79 Å². The third kappa shape index (κ3) is 5.05. The maximum atomic E-state index is 12.6. The first-order valence-electron chi connectivity index (χ1n) is 10.7. The van der Waals surface area contributed by atoms with Crippen molar-refractivity contribution in [3.63, 3.8) is 0 Å². The van der Waals surface area contributed by atoms with Gasteiger partial charge in [-0.2, -0.15) is 0 Å². The van der Waals surface area contributed by atoms with E-state index < -0.39 is 0 Å². The summed E-state index contributed by atoms with van der Waals surface area (Å²) in [5.74, 6) is 3.32. The minimum absolute atomic E-state index is 0.0426. The Morgan fingerprint density at radius 2 is 1.84 bits per heavy atom. The molecule has 4 rings (SSSR count). The average molecular weight is 421 g/mol. The van der Waals surface area contributed by atoms with Crippen LogP contribution in [0.5, 0.6) is 11.5 Å². The molecule has 2 aromatic carbocycles. The number of nitrogens with zero attached hydrogens (tertiary/aromatic N) is 3.